The van der Waals surface area contributed by atoms with Crippen molar-refractivity contribution in [2.45, 2.75) is 25.8 Å². The summed E-state index contributed by atoms with van der Waals surface area (Å²) in [6.45, 7) is 3.53. The van der Waals surface area contributed by atoms with Crippen molar-refractivity contribution in [1.82, 2.24) is 5.32 Å². The van der Waals surface area contributed by atoms with Crippen molar-refractivity contribution in [3.8, 4) is 0 Å². The molecule has 0 amide bonds. The Labute approximate surface area is 90.5 Å². The molecule has 1 atom stereocenters. The van der Waals surface area contributed by atoms with Gasteiger partial charge in [-0.3, -0.25) is 0 Å². The Morgan fingerprint density at radius 1 is 1.47 bits per heavy atom. The number of nitrogens with one attached hydrogen (secondary N) is 1. The van der Waals surface area contributed by atoms with Crippen molar-refractivity contribution in [2.75, 3.05) is 19.7 Å². The van der Waals surface area contributed by atoms with Gasteiger partial charge in [-0.25, -0.2) is 0 Å². The minimum absolute atomic E-state index is 0.0809. The van der Waals surface area contributed by atoms with Crippen LogP contribution in [0.3, 0.4) is 0 Å². The highest BCUT2D eigenvalue weighted by Gasteiger charge is 2.11. The van der Waals surface area contributed by atoms with Crippen LogP contribution in [-0.4, -0.2) is 24.8 Å². The average molecular weight is 212 g/mol. The quantitative estimate of drug-likeness (QED) is 0.588. The third kappa shape index (κ3) is 4.03. The van der Waals surface area contributed by atoms with E-state index in [0.29, 0.717) is 6.54 Å². The first-order valence-corrected chi connectivity index (χ1v) is 5.38. The molecule has 86 valence electrons. The normalized spacial score (nSPS) is 13.0. The maximum atomic E-state index is 8.64. The van der Waals surface area contributed by atoms with Crippen molar-refractivity contribution < 1.29 is 9.52 Å². The molecule has 4 heteroatoms. The Kier molecular flexibility index (Phi) is 5.39. The van der Waals surface area contributed by atoms with E-state index in [1.54, 1.807) is 0 Å². The fourth-order valence-corrected chi connectivity index (χ4v) is 1.45. The Bertz CT molecular complexity index is 273. The maximum absolute atomic E-state index is 8.64. The largest absolute Gasteiger partial charge is 0.465 e. The molecule has 15 heavy (non-hydrogen) atoms. The Morgan fingerprint density at radius 2 is 2.27 bits per heavy atom. The van der Waals surface area contributed by atoms with Crippen LogP contribution >= 0.6 is 0 Å². The van der Waals surface area contributed by atoms with Gasteiger partial charge >= 0.3 is 0 Å². The monoisotopic (exact) mass is 212 g/mol. The number of hydrogen-bond donors (Lipinski definition) is 3. The van der Waals surface area contributed by atoms with E-state index in [-0.39, 0.29) is 12.6 Å². The predicted molar refractivity (Wildman–Crippen MR) is 59.6 cm³/mol. The number of rotatable bonds is 7. The van der Waals surface area contributed by atoms with Gasteiger partial charge in [0.25, 0.3) is 0 Å². The molecule has 1 heterocycles. The molecule has 4 N–H and O–H groups in total. The summed E-state index contributed by atoms with van der Waals surface area (Å²) >= 11 is 0. The highest BCUT2D eigenvalue weighted by Crippen LogP contribution is 2.14. The Morgan fingerprint density at radius 3 is 2.80 bits per heavy atom. The minimum atomic E-state index is 0.0809. The first-order valence-electron chi connectivity index (χ1n) is 5.38. The Balaban J connectivity index is 2.35. The first-order chi connectivity index (χ1) is 7.27. The average Bonchev–Trinajstić information content (AvgIpc) is 2.65. The van der Waals surface area contributed by atoms with Crippen molar-refractivity contribution in [3.05, 3.63) is 23.7 Å². The van der Waals surface area contributed by atoms with E-state index in [0.717, 1.165) is 30.9 Å². The van der Waals surface area contributed by atoms with Crippen LogP contribution in [0.4, 0.5) is 0 Å². The minimum Gasteiger partial charge on any atom is -0.465 e. The van der Waals surface area contributed by atoms with Crippen molar-refractivity contribution in [2.24, 2.45) is 5.73 Å². The number of aliphatic hydroxyl groups is 1. The van der Waals surface area contributed by atoms with Crippen LogP contribution in [-0.2, 0) is 0 Å². The second kappa shape index (κ2) is 6.61. The van der Waals surface area contributed by atoms with Crippen LogP contribution in [0.15, 0.2) is 16.5 Å². The van der Waals surface area contributed by atoms with Crippen LogP contribution in [0.5, 0.6) is 0 Å². The van der Waals surface area contributed by atoms with Gasteiger partial charge in [0.1, 0.15) is 11.5 Å². The van der Waals surface area contributed by atoms with E-state index in [1.807, 2.05) is 19.1 Å². The number of furan rings is 1. The van der Waals surface area contributed by atoms with E-state index in [2.05, 4.69) is 5.32 Å². The summed E-state index contributed by atoms with van der Waals surface area (Å²) in [4.78, 5) is 0. The lowest BCUT2D eigenvalue weighted by Gasteiger charge is -2.13. The SMILES string of the molecule is Cc1ccc(C(CN)NCCCCO)o1. The van der Waals surface area contributed by atoms with Gasteiger partial charge < -0.3 is 20.6 Å². The zero-order valence-electron chi connectivity index (χ0n) is 9.20. The summed E-state index contributed by atoms with van der Waals surface area (Å²) in [5, 5.41) is 11.9. The molecule has 1 rings (SSSR count). The number of aliphatic hydroxyl groups excluding tert-OH is 1. The molecule has 0 aliphatic rings. The topological polar surface area (TPSA) is 71.4 Å². The van der Waals surface area contributed by atoms with Gasteiger partial charge in [0.05, 0.1) is 6.04 Å². The van der Waals surface area contributed by atoms with Crippen LogP contribution < -0.4 is 11.1 Å². The van der Waals surface area contributed by atoms with Gasteiger partial charge in [0.2, 0.25) is 0 Å². The summed E-state index contributed by atoms with van der Waals surface area (Å²) in [5.74, 6) is 1.79. The van der Waals surface area contributed by atoms with Crippen molar-refractivity contribution in [3.63, 3.8) is 0 Å². The summed E-state index contributed by atoms with van der Waals surface area (Å²) < 4.78 is 5.50. The zero-order valence-corrected chi connectivity index (χ0v) is 9.20. The van der Waals surface area contributed by atoms with Gasteiger partial charge in [-0.05, 0) is 38.4 Å². The van der Waals surface area contributed by atoms with E-state index >= 15 is 0 Å². The molecule has 1 aromatic heterocycles. The molecule has 1 unspecified atom stereocenters. The number of nitrogens with two attached hydrogens (primary N) is 1. The van der Waals surface area contributed by atoms with Crippen LogP contribution in [0.1, 0.15) is 30.4 Å². The fraction of sp³-hybridized carbons (Fsp3) is 0.636. The third-order valence-electron chi connectivity index (χ3n) is 2.32. The molecule has 0 aromatic carbocycles. The lowest BCUT2D eigenvalue weighted by molar-refractivity contribution is 0.281. The third-order valence-corrected chi connectivity index (χ3v) is 2.32. The molecule has 0 aliphatic heterocycles. The summed E-state index contributed by atoms with van der Waals surface area (Å²) in [6.07, 6.45) is 1.77. The molecule has 4 nitrogen and oxygen atoms in total. The lowest BCUT2D eigenvalue weighted by Crippen LogP contribution is -2.28. The zero-order chi connectivity index (χ0) is 11.1. The molecule has 0 radical (unpaired) electrons. The van der Waals surface area contributed by atoms with Crippen LogP contribution in [0.25, 0.3) is 0 Å². The molecular formula is C11H20N2O2. The van der Waals surface area contributed by atoms with E-state index in [1.165, 1.54) is 0 Å². The molecule has 0 spiro atoms. The van der Waals surface area contributed by atoms with Gasteiger partial charge in [0, 0.05) is 13.2 Å². The molecule has 0 fully saturated rings. The summed E-state index contributed by atoms with van der Waals surface area (Å²) in [7, 11) is 0. The molecule has 1 aromatic rings. The van der Waals surface area contributed by atoms with Crippen molar-refractivity contribution in [1.29, 1.82) is 0 Å². The van der Waals surface area contributed by atoms with Gasteiger partial charge in [-0.15, -0.1) is 0 Å². The lowest BCUT2D eigenvalue weighted by atomic mass is 10.2. The number of hydrogen-bond acceptors (Lipinski definition) is 4. The van der Waals surface area contributed by atoms with E-state index < -0.39 is 0 Å². The smallest absolute Gasteiger partial charge is 0.122 e. The molecule has 0 aliphatic carbocycles. The van der Waals surface area contributed by atoms with Crippen LogP contribution in [0.2, 0.25) is 0 Å². The van der Waals surface area contributed by atoms with Gasteiger partial charge in [-0.2, -0.15) is 0 Å². The van der Waals surface area contributed by atoms with E-state index in [4.69, 9.17) is 15.3 Å². The highest BCUT2D eigenvalue weighted by molar-refractivity contribution is 5.09. The number of aryl methyl sites for hydroxylation is 1. The molecule has 0 saturated heterocycles. The van der Waals surface area contributed by atoms with Gasteiger partial charge in [-0.1, -0.05) is 0 Å². The van der Waals surface area contributed by atoms with Crippen molar-refractivity contribution >= 4 is 0 Å². The molecule has 0 saturated carbocycles. The van der Waals surface area contributed by atoms with E-state index in [9.17, 15) is 0 Å². The maximum Gasteiger partial charge on any atom is 0.122 e. The fourth-order valence-electron chi connectivity index (χ4n) is 1.45. The summed E-state index contributed by atoms with van der Waals surface area (Å²) in [5.41, 5.74) is 5.66. The predicted octanol–water partition coefficient (Wildman–Crippen LogP) is 0.950. The Hall–Kier alpha value is -0.840. The second-order valence-corrected chi connectivity index (χ2v) is 3.62. The highest BCUT2D eigenvalue weighted by atomic mass is 16.3. The second-order valence-electron chi connectivity index (χ2n) is 3.62. The van der Waals surface area contributed by atoms with Crippen LogP contribution in [0, 0.1) is 6.92 Å². The molecule has 0 bridgehead atoms. The number of unbranched alkanes of at least 4 members (excludes halogenated alkanes) is 1. The van der Waals surface area contributed by atoms with Gasteiger partial charge in [0.15, 0.2) is 0 Å². The standard InChI is InChI=1S/C11H20N2O2/c1-9-4-5-11(15-9)10(8-12)13-6-2-3-7-14/h4-5,10,13-14H,2-3,6-8,12H2,1H3. The first kappa shape index (κ1) is 12.2. The summed E-state index contributed by atoms with van der Waals surface area (Å²) in [6, 6.07) is 3.97. The molecular weight excluding hydrogens is 192 g/mol.